The maximum absolute atomic E-state index is 11.3. The Bertz CT molecular complexity index is 399. The predicted octanol–water partition coefficient (Wildman–Crippen LogP) is 3.01. The minimum atomic E-state index is -0.544. The normalized spacial score (nSPS) is 8.41. The zero-order valence-electron chi connectivity index (χ0n) is 10.3. The average Bonchev–Trinajstić information content (AvgIpc) is 2.41. The van der Waals surface area contributed by atoms with Crippen LogP contribution in [0, 0.1) is 18.4 Å². The fourth-order valence-electron chi connectivity index (χ4n) is 0.790. The summed E-state index contributed by atoms with van der Waals surface area (Å²) in [6.45, 7) is 5.87. The number of allylic oxidation sites excluding steroid dienone is 2. The summed E-state index contributed by atoms with van der Waals surface area (Å²) in [7, 11) is 0. The van der Waals surface area contributed by atoms with Gasteiger partial charge in [-0.2, -0.15) is 6.08 Å². The van der Waals surface area contributed by atoms with Crippen LogP contribution in [0.2, 0.25) is 0 Å². The summed E-state index contributed by atoms with van der Waals surface area (Å²) in [6, 6.07) is 5.00. The Balaban J connectivity index is 0.00000121. The van der Waals surface area contributed by atoms with Crippen molar-refractivity contribution < 1.29 is 9.53 Å². The number of hydrogen-bond donors (Lipinski definition) is 0. The van der Waals surface area contributed by atoms with Crippen molar-refractivity contribution in [2.24, 2.45) is 0 Å². The van der Waals surface area contributed by atoms with Crippen LogP contribution in [0.5, 0.6) is 0 Å². The summed E-state index contributed by atoms with van der Waals surface area (Å²) >= 11 is 0. The van der Waals surface area contributed by atoms with Gasteiger partial charge in [0.25, 0.3) is 0 Å². The first-order valence-corrected chi connectivity index (χ1v) is 5.42. The number of esters is 1. The predicted molar refractivity (Wildman–Crippen MR) is 67.9 cm³/mol. The van der Waals surface area contributed by atoms with Gasteiger partial charge in [-0.1, -0.05) is 19.9 Å². The molecule has 0 bridgehead atoms. The van der Waals surface area contributed by atoms with Crippen molar-refractivity contribution in [2.45, 2.75) is 20.8 Å². The molecule has 0 fully saturated rings. The van der Waals surface area contributed by atoms with Gasteiger partial charge in [-0.15, -0.1) is 12.8 Å². The van der Waals surface area contributed by atoms with Gasteiger partial charge in [-0.25, -0.2) is 22.3 Å². The first kappa shape index (κ1) is 14.8. The summed E-state index contributed by atoms with van der Waals surface area (Å²) in [4.78, 5) is 15.1. The second-order valence-corrected chi connectivity index (χ2v) is 2.54. The standard InChI is InChI=1S/C12H10NO2.C2H6/c1-2-3-4-7-10-15-12(14)11-8-5-6-9-13-11;1-2/h2-6,8-9H,1H3;1-2H3/q-1;/b4-3+;. The van der Waals surface area contributed by atoms with Crippen LogP contribution >= 0.6 is 0 Å². The molecule has 0 spiro atoms. The molecule has 0 unspecified atom stereocenters. The maximum atomic E-state index is 11.3. The third-order valence-electron chi connectivity index (χ3n) is 1.45. The molecule has 1 heterocycles. The van der Waals surface area contributed by atoms with Crippen LogP contribution < -0.4 is 0 Å². The van der Waals surface area contributed by atoms with Crippen LogP contribution in [0.25, 0.3) is 0 Å². The van der Waals surface area contributed by atoms with Crippen molar-refractivity contribution in [1.29, 1.82) is 0 Å². The first-order valence-electron chi connectivity index (χ1n) is 5.42. The van der Waals surface area contributed by atoms with E-state index in [0.29, 0.717) is 0 Å². The van der Waals surface area contributed by atoms with E-state index in [1.54, 1.807) is 30.4 Å². The van der Waals surface area contributed by atoms with Crippen LogP contribution in [-0.4, -0.2) is 11.0 Å². The van der Waals surface area contributed by atoms with Gasteiger partial charge < -0.3 is 4.74 Å². The Hall–Kier alpha value is -2.21. The molecule has 3 nitrogen and oxygen atoms in total. The topological polar surface area (TPSA) is 39.2 Å². The molecule has 0 N–H and O–H groups in total. The third kappa shape index (κ3) is 6.80. The molecule has 0 amide bonds. The highest BCUT2D eigenvalue weighted by atomic mass is 16.5. The molecule has 1 rings (SSSR count). The number of carbonyl (C=O) groups excluding carboxylic acids is 1. The second-order valence-electron chi connectivity index (χ2n) is 2.54. The molecule has 0 aliphatic carbocycles. The largest absolute Gasteiger partial charge is 0.370 e. The summed E-state index contributed by atoms with van der Waals surface area (Å²) < 4.78 is 4.65. The smallest absolute Gasteiger partial charge is 0.369 e. The van der Waals surface area contributed by atoms with Gasteiger partial charge in [0.05, 0.1) is 0 Å². The SMILES string of the molecule is CC.C[CH-]/C=C/C#COC(=O)c1ccccn1. The van der Waals surface area contributed by atoms with E-state index in [2.05, 4.69) is 21.7 Å². The summed E-state index contributed by atoms with van der Waals surface area (Å²) in [5.41, 5.74) is 0.248. The van der Waals surface area contributed by atoms with E-state index in [9.17, 15) is 4.79 Å². The van der Waals surface area contributed by atoms with Crippen LogP contribution in [-0.2, 0) is 4.74 Å². The molecular formula is C14H16NO2-. The molecule has 1 aromatic heterocycles. The number of carbonyl (C=O) groups is 1. The highest BCUT2D eigenvalue weighted by Crippen LogP contribution is 1.95. The van der Waals surface area contributed by atoms with Crippen LogP contribution in [0.3, 0.4) is 0 Å². The zero-order valence-corrected chi connectivity index (χ0v) is 10.3. The molecule has 0 saturated carbocycles. The Morgan fingerprint density at radius 2 is 2.24 bits per heavy atom. The lowest BCUT2D eigenvalue weighted by molar-refractivity contribution is 0.0684. The van der Waals surface area contributed by atoms with E-state index >= 15 is 0 Å². The van der Waals surface area contributed by atoms with Gasteiger partial charge in [0.1, 0.15) is 11.8 Å². The van der Waals surface area contributed by atoms with Crippen molar-refractivity contribution in [3.63, 3.8) is 0 Å². The van der Waals surface area contributed by atoms with Crippen LogP contribution in [0.15, 0.2) is 36.5 Å². The zero-order chi connectivity index (χ0) is 12.9. The minimum Gasteiger partial charge on any atom is -0.369 e. The van der Waals surface area contributed by atoms with Gasteiger partial charge in [0, 0.05) is 6.20 Å². The van der Waals surface area contributed by atoms with E-state index in [-0.39, 0.29) is 5.69 Å². The second kappa shape index (κ2) is 10.3. The Morgan fingerprint density at radius 1 is 1.47 bits per heavy atom. The molecule has 0 radical (unpaired) electrons. The summed E-state index contributed by atoms with van der Waals surface area (Å²) in [6.07, 6.45) is 8.97. The fraction of sp³-hybridized carbons (Fsp3) is 0.214. The lowest BCUT2D eigenvalue weighted by Crippen LogP contribution is -2.02. The van der Waals surface area contributed by atoms with Gasteiger partial charge >= 0.3 is 5.97 Å². The van der Waals surface area contributed by atoms with Crippen LogP contribution in [0.1, 0.15) is 31.3 Å². The number of nitrogens with zero attached hydrogens (tertiary/aromatic N) is 1. The van der Waals surface area contributed by atoms with Crippen molar-refractivity contribution in [3.05, 3.63) is 48.7 Å². The molecule has 17 heavy (non-hydrogen) atoms. The monoisotopic (exact) mass is 230 g/mol. The molecule has 3 heteroatoms. The van der Waals surface area contributed by atoms with Gasteiger partial charge in [0.2, 0.25) is 0 Å². The first-order chi connectivity index (χ1) is 8.34. The molecule has 0 atom stereocenters. The van der Waals surface area contributed by atoms with Crippen molar-refractivity contribution >= 4 is 5.97 Å². The number of aromatic nitrogens is 1. The van der Waals surface area contributed by atoms with Gasteiger partial charge in [-0.3, -0.25) is 0 Å². The van der Waals surface area contributed by atoms with Gasteiger partial charge in [0.15, 0.2) is 0 Å². The third-order valence-corrected chi connectivity index (χ3v) is 1.45. The van der Waals surface area contributed by atoms with E-state index in [0.717, 1.165) is 0 Å². The number of hydrogen-bond acceptors (Lipinski definition) is 3. The number of rotatable bonds is 2. The Morgan fingerprint density at radius 3 is 2.82 bits per heavy atom. The van der Waals surface area contributed by atoms with E-state index in [4.69, 9.17) is 0 Å². The van der Waals surface area contributed by atoms with Crippen molar-refractivity contribution in [3.8, 4) is 12.0 Å². The highest BCUT2D eigenvalue weighted by Gasteiger charge is 2.04. The Labute approximate surface area is 103 Å². The minimum absolute atomic E-state index is 0.248. The van der Waals surface area contributed by atoms with E-state index in [1.807, 2.05) is 27.2 Å². The molecule has 0 aromatic carbocycles. The molecule has 90 valence electrons. The maximum Gasteiger partial charge on any atom is 0.370 e. The van der Waals surface area contributed by atoms with E-state index < -0.39 is 5.97 Å². The molecule has 1 aromatic rings. The number of ether oxygens (including phenoxy) is 1. The summed E-state index contributed by atoms with van der Waals surface area (Å²) in [5, 5.41) is 0. The molecule has 0 saturated heterocycles. The van der Waals surface area contributed by atoms with Crippen molar-refractivity contribution in [1.82, 2.24) is 4.98 Å². The quantitative estimate of drug-likeness (QED) is 0.445. The average molecular weight is 230 g/mol. The lowest BCUT2D eigenvalue weighted by atomic mass is 10.4. The molecule has 0 aliphatic heterocycles. The van der Waals surface area contributed by atoms with E-state index in [1.165, 1.54) is 6.20 Å². The van der Waals surface area contributed by atoms with Gasteiger partial charge in [-0.05, 0) is 12.1 Å². The molecule has 0 aliphatic rings. The fourth-order valence-corrected chi connectivity index (χ4v) is 0.790. The lowest BCUT2D eigenvalue weighted by Gasteiger charge is -1.93. The number of pyridine rings is 1. The van der Waals surface area contributed by atoms with Crippen LogP contribution in [0.4, 0.5) is 0 Å². The highest BCUT2D eigenvalue weighted by molar-refractivity contribution is 5.87. The Kier molecular flexibility index (Phi) is 8.97. The van der Waals surface area contributed by atoms with Crippen molar-refractivity contribution in [2.75, 3.05) is 0 Å². The summed E-state index contributed by atoms with van der Waals surface area (Å²) in [5.74, 6) is 2.01. The molecular weight excluding hydrogens is 214 g/mol.